The lowest BCUT2D eigenvalue weighted by Gasteiger charge is -2.06. The minimum atomic E-state index is -0.103. The van der Waals surface area contributed by atoms with Gasteiger partial charge in [-0.2, -0.15) is 0 Å². The average molecular weight is 292 g/mol. The summed E-state index contributed by atoms with van der Waals surface area (Å²) in [5.41, 5.74) is 3.74. The minimum absolute atomic E-state index is 0.103. The molecule has 3 aromatic rings. The normalized spacial score (nSPS) is 10.6. The van der Waals surface area contributed by atoms with Gasteiger partial charge in [0.05, 0.1) is 7.11 Å². The fourth-order valence-corrected chi connectivity index (χ4v) is 2.61. The first-order valence-corrected chi connectivity index (χ1v) is 6.92. The van der Waals surface area contributed by atoms with Crippen LogP contribution in [0.3, 0.4) is 0 Å². The van der Waals surface area contributed by atoms with E-state index in [0.29, 0.717) is 11.1 Å². The number of carbonyl (C=O) groups is 1. The number of pyridine rings is 1. The van der Waals surface area contributed by atoms with Crippen molar-refractivity contribution in [2.75, 3.05) is 7.11 Å². The Morgan fingerprint density at radius 3 is 2.64 bits per heavy atom. The van der Waals surface area contributed by atoms with E-state index in [0.717, 1.165) is 27.9 Å². The fraction of sp³-hybridized carbons (Fsp3) is 0.111. The molecule has 3 rings (SSSR count). The number of rotatable bonds is 4. The SMILES string of the molecule is C=C(C(=O)c1ccncc1)c1c(C)[nH]c2ccc(OC)cc12. The van der Waals surface area contributed by atoms with Crippen molar-refractivity contribution in [2.24, 2.45) is 0 Å². The van der Waals surface area contributed by atoms with Crippen LogP contribution in [0.1, 0.15) is 21.6 Å². The first-order chi connectivity index (χ1) is 10.6. The number of nitrogens with one attached hydrogen (secondary N) is 1. The lowest BCUT2D eigenvalue weighted by Crippen LogP contribution is -2.02. The average Bonchev–Trinajstić information content (AvgIpc) is 2.89. The summed E-state index contributed by atoms with van der Waals surface area (Å²) in [7, 11) is 1.62. The van der Waals surface area contributed by atoms with Gasteiger partial charge in [-0.25, -0.2) is 0 Å². The maximum Gasteiger partial charge on any atom is 0.193 e. The lowest BCUT2D eigenvalue weighted by molar-refractivity contribution is 0.105. The van der Waals surface area contributed by atoms with E-state index in [9.17, 15) is 4.79 Å². The second-order valence-electron chi connectivity index (χ2n) is 5.08. The van der Waals surface area contributed by atoms with Crippen LogP contribution in [0.2, 0.25) is 0 Å². The number of Topliss-reactive ketones (excluding diaryl/α,β-unsaturated/α-hetero) is 1. The number of ketones is 1. The number of aromatic amines is 1. The van der Waals surface area contributed by atoms with E-state index in [2.05, 4.69) is 16.5 Å². The first kappa shape index (κ1) is 14.1. The highest BCUT2D eigenvalue weighted by molar-refractivity contribution is 6.30. The third kappa shape index (κ3) is 2.29. The molecule has 2 aromatic heterocycles. The number of fused-ring (bicyclic) bond motifs is 1. The molecular weight excluding hydrogens is 276 g/mol. The summed E-state index contributed by atoms with van der Waals surface area (Å²) in [5, 5.41) is 0.934. The van der Waals surface area contributed by atoms with Crippen LogP contribution >= 0.6 is 0 Å². The van der Waals surface area contributed by atoms with E-state index < -0.39 is 0 Å². The standard InChI is InChI=1S/C18H16N2O2/c1-11(18(21)13-6-8-19-9-7-13)17-12(2)20-16-5-4-14(22-3)10-15(16)17/h4-10,20H,1H2,2-3H3. The predicted octanol–water partition coefficient (Wildman–Crippen LogP) is 3.78. The molecule has 4 nitrogen and oxygen atoms in total. The van der Waals surface area contributed by atoms with Crippen LogP contribution in [-0.4, -0.2) is 22.9 Å². The van der Waals surface area contributed by atoms with Crippen LogP contribution in [-0.2, 0) is 0 Å². The molecule has 1 aromatic carbocycles. The number of aryl methyl sites for hydroxylation is 1. The number of nitrogens with zero attached hydrogens (tertiary/aromatic N) is 1. The quantitative estimate of drug-likeness (QED) is 0.588. The van der Waals surface area contributed by atoms with Gasteiger partial charge in [0.1, 0.15) is 5.75 Å². The number of hydrogen-bond acceptors (Lipinski definition) is 3. The zero-order chi connectivity index (χ0) is 15.7. The minimum Gasteiger partial charge on any atom is -0.497 e. The Hall–Kier alpha value is -2.88. The molecule has 4 heteroatoms. The van der Waals surface area contributed by atoms with Gasteiger partial charge in [-0.05, 0) is 37.3 Å². The predicted molar refractivity (Wildman–Crippen MR) is 87.2 cm³/mol. The Morgan fingerprint density at radius 2 is 1.95 bits per heavy atom. The number of hydrogen-bond donors (Lipinski definition) is 1. The zero-order valence-electron chi connectivity index (χ0n) is 12.5. The van der Waals surface area contributed by atoms with Crippen molar-refractivity contribution >= 4 is 22.3 Å². The second kappa shape index (κ2) is 5.48. The van der Waals surface area contributed by atoms with Gasteiger partial charge in [0.25, 0.3) is 0 Å². The van der Waals surface area contributed by atoms with Crippen LogP contribution in [0.15, 0.2) is 49.3 Å². The third-order valence-electron chi connectivity index (χ3n) is 3.71. The molecule has 2 heterocycles. The summed E-state index contributed by atoms with van der Waals surface area (Å²) in [6.07, 6.45) is 3.21. The van der Waals surface area contributed by atoms with Crippen LogP contribution in [0.5, 0.6) is 5.75 Å². The lowest BCUT2D eigenvalue weighted by atomic mass is 9.96. The van der Waals surface area contributed by atoms with Gasteiger partial charge in [-0.3, -0.25) is 9.78 Å². The number of ether oxygens (including phenoxy) is 1. The molecule has 0 radical (unpaired) electrons. The monoisotopic (exact) mass is 292 g/mol. The van der Waals surface area contributed by atoms with E-state index in [-0.39, 0.29) is 5.78 Å². The Labute approximate surface area is 128 Å². The van der Waals surface area contributed by atoms with E-state index >= 15 is 0 Å². The van der Waals surface area contributed by atoms with Crippen molar-refractivity contribution in [3.8, 4) is 5.75 Å². The number of H-pyrrole nitrogens is 1. The van der Waals surface area contributed by atoms with Crippen molar-refractivity contribution in [3.63, 3.8) is 0 Å². The van der Waals surface area contributed by atoms with E-state index in [1.54, 1.807) is 31.6 Å². The van der Waals surface area contributed by atoms with Crippen LogP contribution in [0.25, 0.3) is 16.5 Å². The Balaban J connectivity index is 2.11. The number of allylic oxidation sites excluding steroid dienone is 1. The summed E-state index contributed by atoms with van der Waals surface area (Å²) in [6, 6.07) is 9.13. The van der Waals surface area contributed by atoms with Gasteiger partial charge in [0.2, 0.25) is 0 Å². The molecule has 0 atom stereocenters. The largest absolute Gasteiger partial charge is 0.497 e. The molecule has 0 saturated heterocycles. The molecule has 0 fully saturated rings. The number of benzene rings is 1. The van der Waals surface area contributed by atoms with E-state index in [4.69, 9.17) is 4.74 Å². The number of carbonyl (C=O) groups excluding carboxylic acids is 1. The van der Waals surface area contributed by atoms with Crippen LogP contribution in [0.4, 0.5) is 0 Å². The highest BCUT2D eigenvalue weighted by Gasteiger charge is 2.18. The molecule has 1 N–H and O–H groups in total. The van der Waals surface area contributed by atoms with E-state index in [1.807, 2.05) is 25.1 Å². The molecule has 0 aliphatic rings. The molecule has 0 aliphatic heterocycles. The molecule has 0 amide bonds. The Kier molecular flexibility index (Phi) is 3.51. The van der Waals surface area contributed by atoms with Crippen molar-refractivity contribution in [3.05, 3.63) is 66.1 Å². The maximum absolute atomic E-state index is 12.6. The maximum atomic E-state index is 12.6. The third-order valence-corrected chi connectivity index (χ3v) is 3.71. The van der Waals surface area contributed by atoms with E-state index in [1.165, 1.54) is 0 Å². The van der Waals surface area contributed by atoms with Crippen LogP contribution in [0, 0.1) is 6.92 Å². The summed E-state index contributed by atoms with van der Waals surface area (Å²) < 4.78 is 5.27. The summed E-state index contributed by atoms with van der Waals surface area (Å²) in [4.78, 5) is 19.8. The van der Waals surface area contributed by atoms with Crippen LogP contribution < -0.4 is 4.74 Å². The Morgan fingerprint density at radius 1 is 1.23 bits per heavy atom. The van der Waals surface area contributed by atoms with Crippen molar-refractivity contribution in [1.29, 1.82) is 0 Å². The molecule has 110 valence electrons. The molecule has 0 unspecified atom stereocenters. The smallest absolute Gasteiger partial charge is 0.193 e. The van der Waals surface area contributed by atoms with Gasteiger partial charge in [0, 0.05) is 45.7 Å². The van der Waals surface area contributed by atoms with Crippen molar-refractivity contribution in [1.82, 2.24) is 9.97 Å². The van der Waals surface area contributed by atoms with Crippen molar-refractivity contribution in [2.45, 2.75) is 6.92 Å². The number of methoxy groups -OCH3 is 1. The number of aromatic nitrogens is 2. The zero-order valence-corrected chi connectivity index (χ0v) is 12.5. The van der Waals surface area contributed by atoms with Crippen molar-refractivity contribution < 1.29 is 9.53 Å². The molecule has 22 heavy (non-hydrogen) atoms. The highest BCUT2D eigenvalue weighted by Crippen LogP contribution is 2.32. The van der Waals surface area contributed by atoms with Gasteiger partial charge < -0.3 is 9.72 Å². The molecular formula is C18H16N2O2. The van der Waals surface area contributed by atoms with Gasteiger partial charge in [0.15, 0.2) is 5.78 Å². The molecule has 0 aliphatic carbocycles. The first-order valence-electron chi connectivity index (χ1n) is 6.92. The van der Waals surface area contributed by atoms with Gasteiger partial charge in [-0.1, -0.05) is 6.58 Å². The molecule has 0 bridgehead atoms. The summed E-state index contributed by atoms with van der Waals surface area (Å²) >= 11 is 0. The topological polar surface area (TPSA) is 55.0 Å². The fourth-order valence-electron chi connectivity index (χ4n) is 2.61. The summed E-state index contributed by atoms with van der Waals surface area (Å²) in [6.45, 7) is 5.95. The second-order valence-corrected chi connectivity index (χ2v) is 5.08. The molecule has 0 spiro atoms. The summed E-state index contributed by atoms with van der Waals surface area (Å²) in [5.74, 6) is 0.645. The highest BCUT2D eigenvalue weighted by atomic mass is 16.5. The molecule has 0 saturated carbocycles. The van der Waals surface area contributed by atoms with Gasteiger partial charge in [-0.15, -0.1) is 0 Å². The Bertz CT molecular complexity index is 863. The van der Waals surface area contributed by atoms with Gasteiger partial charge >= 0.3 is 0 Å².